The monoisotopic (exact) mass is 305 g/mol. The minimum Gasteiger partial charge on any atom is -0.383 e. The van der Waals surface area contributed by atoms with Crippen LogP contribution in [0.4, 0.5) is 5.82 Å². The third-order valence-corrected chi connectivity index (χ3v) is 5.45. The van der Waals surface area contributed by atoms with E-state index in [4.69, 9.17) is 28.9 Å². The molecule has 0 radical (unpaired) electrons. The smallest absolute Gasteiger partial charge is 0.190 e. The maximum Gasteiger partial charge on any atom is 0.190 e. The normalized spacial score (nSPS) is 21.9. The van der Waals surface area contributed by atoms with Crippen LogP contribution >= 0.6 is 46.3 Å². The lowest BCUT2D eigenvalue weighted by Crippen LogP contribution is -1.98. The van der Waals surface area contributed by atoms with Crippen LogP contribution in [-0.4, -0.2) is 20.1 Å². The molecule has 1 aliphatic rings. The molecule has 1 unspecified atom stereocenters. The average molecular weight is 306 g/mol. The Labute approximate surface area is 117 Å². The summed E-state index contributed by atoms with van der Waals surface area (Å²) in [6.45, 7) is 0. The first kappa shape index (κ1) is 11.8. The van der Waals surface area contributed by atoms with Crippen LogP contribution in [0.3, 0.4) is 0 Å². The molecule has 2 N–H and O–H groups in total. The standard InChI is InChI=1S/C10H9Cl2N3S2/c11-10(12)3-5(10)4-17-9-14-7(13)6-1-2-16-8(6)15-9/h1-2,5H,3-4H2,(H2,13,14,15). The van der Waals surface area contributed by atoms with E-state index in [0.29, 0.717) is 16.9 Å². The lowest BCUT2D eigenvalue weighted by Gasteiger charge is -2.02. The molecule has 2 aromatic heterocycles. The number of rotatable bonds is 3. The number of thioether (sulfide) groups is 1. The van der Waals surface area contributed by atoms with Gasteiger partial charge in [-0.25, -0.2) is 9.97 Å². The largest absolute Gasteiger partial charge is 0.383 e. The Bertz CT molecular complexity index is 570. The van der Waals surface area contributed by atoms with Crippen LogP contribution in [0.15, 0.2) is 16.6 Å². The molecule has 1 atom stereocenters. The van der Waals surface area contributed by atoms with Gasteiger partial charge < -0.3 is 5.73 Å². The second-order valence-electron chi connectivity index (χ2n) is 4.00. The number of alkyl halides is 2. The summed E-state index contributed by atoms with van der Waals surface area (Å²) in [6, 6.07) is 1.94. The van der Waals surface area contributed by atoms with E-state index in [1.54, 1.807) is 23.1 Å². The lowest BCUT2D eigenvalue weighted by atomic mass is 10.4. The molecular formula is C10H9Cl2N3S2. The zero-order valence-corrected chi connectivity index (χ0v) is 11.8. The van der Waals surface area contributed by atoms with Crippen LogP contribution in [0, 0.1) is 5.92 Å². The van der Waals surface area contributed by atoms with Crippen LogP contribution in [0.1, 0.15) is 6.42 Å². The molecule has 3 nitrogen and oxygen atoms in total. The fourth-order valence-corrected chi connectivity index (χ4v) is 4.16. The van der Waals surface area contributed by atoms with Crippen LogP contribution in [0.5, 0.6) is 0 Å². The Morgan fingerprint density at radius 3 is 3.00 bits per heavy atom. The number of halogens is 2. The Hall–Kier alpha value is -0.230. The first-order valence-electron chi connectivity index (χ1n) is 5.07. The van der Waals surface area contributed by atoms with Gasteiger partial charge in [0.15, 0.2) is 5.16 Å². The van der Waals surface area contributed by atoms with Gasteiger partial charge in [0.1, 0.15) is 15.0 Å². The van der Waals surface area contributed by atoms with E-state index in [0.717, 1.165) is 22.4 Å². The summed E-state index contributed by atoms with van der Waals surface area (Å²) >= 11 is 15.1. The number of hydrogen-bond acceptors (Lipinski definition) is 5. The number of anilines is 1. The maximum atomic E-state index is 5.97. The van der Waals surface area contributed by atoms with E-state index in [2.05, 4.69) is 9.97 Å². The van der Waals surface area contributed by atoms with Crippen LogP contribution in [0.25, 0.3) is 10.2 Å². The SMILES string of the molecule is Nc1nc(SCC2CC2(Cl)Cl)nc2sccc12. The summed E-state index contributed by atoms with van der Waals surface area (Å²) in [5.74, 6) is 1.71. The molecule has 1 saturated carbocycles. The molecule has 1 aliphatic carbocycles. The molecule has 2 aromatic rings. The lowest BCUT2D eigenvalue weighted by molar-refractivity contribution is 0.958. The Morgan fingerprint density at radius 2 is 2.29 bits per heavy atom. The van der Waals surface area contributed by atoms with E-state index in [-0.39, 0.29) is 0 Å². The van der Waals surface area contributed by atoms with E-state index >= 15 is 0 Å². The molecular weight excluding hydrogens is 297 g/mol. The predicted octanol–water partition coefficient (Wildman–Crippen LogP) is 3.56. The summed E-state index contributed by atoms with van der Waals surface area (Å²) in [5.41, 5.74) is 5.87. The van der Waals surface area contributed by atoms with Gasteiger partial charge in [-0.05, 0) is 17.9 Å². The zero-order valence-electron chi connectivity index (χ0n) is 8.69. The van der Waals surface area contributed by atoms with Crippen molar-refractivity contribution >= 4 is 62.3 Å². The number of fused-ring (bicyclic) bond motifs is 1. The van der Waals surface area contributed by atoms with Crippen molar-refractivity contribution in [3.8, 4) is 0 Å². The van der Waals surface area contributed by atoms with Crippen LogP contribution in [0.2, 0.25) is 0 Å². The Morgan fingerprint density at radius 1 is 1.53 bits per heavy atom. The van der Waals surface area contributed by atoms with Crippen molar-refractivity contribution in [3.63, 3.8) is 0 Å². The fourth-order valence-electron chi connectivity index (χ4n) is 1.55. The highest BCUT2D eigenvalue weighted by Crippen LogP contribution is 2.54. The first-order chi connectivity index (χ1) is 8.06. The number of nitrogens with zero attached hydrogens (tertiary/aromatic N) is 2. The summed E-state index contributed by atoms with van der Waals surface area (Å²) in [6.07, 6.45) is 0.847. The molecule has 1 fully saturated rings. The van der Waals surface area contributed by atoms with Gasteiger partial charge in [-0.2, -0.15) is 0 Å². The highest BCUT2D eigenvalue weighted by atomic mass is 35.5. The van der Waals surface area contributed by atoms with Gasteiger partial charge in [-0.3, -0.25) is 0 Å². The Kier molecular flexibility index (Phi) is 2.89. The van der Waals surface area contributed by atoms with Crippen molar-refractivity contribution in [2.24, 2.45) is 5.92 Å². The first-order valence-corrected chi connectivity index (χ1v) is 7.70. The predicted molar refractivity (Wildman–Crippen MR) is 75.1 cm³/mol. The Balaban J connectivity index is 1.77. The number of nitrogens with two attached hydrogens (primary N) is 1. The topological polar surface area (TPSA) is 51.8 Å². The molecule has 0 saturated heterocycles. The average Bonchev–Trinajstić information content (AvgIpc) is 2.70. The quantitative estimate of drug-likeness (QED) is 0.535. The van der Waals surface area contributed by atoms with Gasteiger partial charge in [0.25, 0.3) is 0 Å². The minimum absolute atomic E-state index is 0.333. The van der Waals surface area contributed by atoms with Gasteiger partial charge in [-0.15, -0.1) is 34.5 Å². The van der Waals surface area contributed by atoms with E-state index < -0.39 is 4.33 Å². The van der Waals surface area contributed by atoms with Crippen molar-refractivity contribution in [1.29, 1.82) is 0 Å². The fraction of sp³-hybridized carbons (Fsp3) is 0.400. The molecule has 0 spiro atoms. The summed E-state index contributed by atoms with van der Waals surface area (Å²) < 4.78 is -0.536. The number of thiophene rings is 1. The van der Waals surface area contributed by atoms with Gasteiger partial charge in [0.05, 0.1) is 5.39 Å². The van der Waals surface area contributed by atoms with E-state index in [9.17, 15) is 0 Å². The van der Waals surface area contributed by atoms with Crippen molar-refractivity contribution in [2.45, 2.75) is 15.9 Å². The molecule has 0 aliphatic heterocycles. The van der Waals surface area contributed by atoms with E-state index in [1.165, 1.54) is 0 Å². The van der Waals surface area contributed by atoms with Crippen molar-refractivity contribution in [3.05, 3.63) is 11.4 Å². The molecule has 90 valence electrons. The molecule has 0 aromatic carbocycles. The zero-order chi connectivity index (χ0) is 12.0. The summed E-state index contributed by atoms with van der Waals surface area (Å²) in [4.78, 5) is 9.65. The van der Waals surface area contributed by atoms with Crippen molar-refractivity contribution in [2.75, 3.05) is 11.5 Å². The molecule has 3 rings (SSSR count). The number of hydrogen-bond donors (Lipinski definition) is 1. The van der Waals surface area contributed by atoms with Gasteiger partial charge in [-0.1, -0.05) is 11.8 Å². The van der Waals surface area contributed by atoms with E-state index in [1.807, 2.05) is 11.4 Å². The second kappa shape index (κ2) is 4.16. The minimum atomic E-state index is -0.536. The molecule has 2 heterocycles. The third-order valence-electron chi connectivity index (χ3n) is 2.70. The van der Waals surface area contributed by atoms with Gasteiger partial charge in [0.2, 0.25) is 0 Å². The number of nitrogen functional groups attached to an aromatic ring is 1. The van der Waals surface area contributed by atoms with Crippen LogP contribution in [-0.2, 0) is 0 Å². The molecule has 0 amide bonds. The molecule has 0 bridgehead atoms. The maximum absolute atomic E-state index is 5.97. The van der Waals surface area contributed by atoms with Crippen molar-refractivity contribution < 1.29 is 0 Å². The van der Waals surface area contributed by atoms with Crippen LogP contribution < -0.4 is 5.73 Å². The second-order valence-corrected chi connectivity index (χ2v) is 7.43. The summed E-state index contributed by atoms with van der Waals surface area (Å²) in [7, 11) is 0. The van der Waals surface area contributed by atoms with Gasteiger partial charge in [0, 0.05) is 11.7 Å². The number of aromatic nitrogens is 2. The summed E-state index contributed by atoms with van der Waals surface area (Å²) in [5, 5.41) is 3.59. The van der Waals surface area contributed by atoms with Gasteiger partial charge >= 0.3 is 0 Å². The van der Waals surface area contributed by atoms with Crippen molar-refractivity contribution in [1.82, 2.24) is 9.97 Å². The third kappa shape index (κ3) is 2.34. The molecule has 7 heteroatoms. The highest BCUT2D eigenvalue weighted by Gasteiger charge is 2.51. The molecule has 17 heavy (non-hydrogen) atoms. The highest BCUT2D eigenvalue weighted by molar-refractivity contribution is 7.99.